The molecule has 6 rings (SSSR count). The molecule has 1 atom stereocenters. The Morgan fingerprint density at radius 3 is 2.83 bits per heavy atom. The molecule has 4 aromatic heterocycles. The van der Waals surface area contributed by atoms with Gasteiger partial charge in [0.1, 0.15) is 18.2 Å². The maximum atomic E-state index is 14.2. The van der Waals surface area contributed by atoms with Crippen LogP contribution in [0.2, 0.25) is 0 Å². The van der Waals surface area contributed by atoms with Crippen LogP contribution >= 0.6 is 0 Å². The van der Waals surface area contributed by atoms with Crippen molar-refractivity contribution >= 4 is 28.3 Å². The first kappa shape index (κ1) is 25.3. The van der Waals surface area contributed by atoms with Crippen LogP contribution in [-0.4, -0.2) is 35.3 Å². The average Bonchev–Trinajstić information content (AvgIpc) is 3.53. The maximum absolute atomic E-state index is 14.2. The fourth-order valence-corrected chi connectivity index (χ4v) is 5.50. The molecule has 1 aromatic carbocycles. The van der Waals surface area contributed by atoms with Gasteiger partial charge in [-0.2, -0.15) is 5.10 Å². The molecule has 4 N–H and O–H groups in total. The van der Waals surface area contributed by atoms with E-state index in [0.29, 0.717) is 27.9 Å². The van der Waals surface area contributed by atoms with Crippen LogP contribution in [0.1, 0.15) is 78.4 Å². The van der Waals surface area contributed by atoms with Gasteiger partial charge in [0, 0.05) is 30.9 Å². The number of fused-ring (bicyclic) bond motifs is 2. The third-order valence-electron chi connectivity index (χ3n) is 7.39. The lowest BCUT2D eigenvalue weighted by molar-refractivity contribution is -0.577. The maximum Gasteiger partial charge on any atom is 0.362 e. The first-order valence-electron chi connectivity index (χ1n) is 13.4. The number of benzene rings is 1. The number of nitrogen functional groups attached to an aromatic ring is 1. The summed E-state index contributed by atoms with van der Waals surface area (Å²) in [6.45, 7) is 1.84. The van der Waals surface area contributed by atoms with Gasteiger partial charge in [-0.3, -0.25) is 18.8 Å². The molecule has 5 aromatic rings. The molecule has 11 nitrogen and oxygen atoms in total. The third kappa shape index (κ3) is 4.58. The molecule has 11 heteroatoms. The lowest BCUT2D eigenvalue weighted by atomic mass is 9.94. The zero-order valence-corrected chi connectivity index (χ0v) is 22.4. The highest BCUT2D eigenvalue weighted by molar-refractivity contribution is 6.03. The molecule has 0 bridgehead atoms. The van der Waals surface area contributed by atoms with Crippen LogP contribution in [0.5, 0.6) is 0 Å². The summed E-state index contributed by atoms with van der Waals surface area (Å²) in [5, 5.41) is 10.6. The molecule has 40 heavy (non-hydrogen) atoms. The molecule has 202 valence electrons. The Balaban J connectivity index is 1.44. The van der Waals surface area contributed by atoms with Crippen LogP contribution in [0.3, 0.4) is 0 Å². The molecule has 1 fully saturated rings. The van der Waals surface area contributed by atoms with Crippen LogP contribution in [0.4, 0.5) is 5.82 Å². The van der Waals surface area contributed by atoms with Crippen LogP contribution in [0.15, 0.2) is 53.8 Å². The molecule has 0 radical (unpaired) electrons. The number of H-pyrrole nitrogens is 1. The standard InChI is InChI=1S/C29H29N9O2/c1-18(33-28(39)24-25(30)35-37-15-7-14-31-27(24)37)26-34-22-11-6-8-20(13-12-19-16-32-36(2)17-19)23(22)29(40)38(26)21-9-4-3-5-10-21/h6-8,11,14-18,21H,3-5,9-10H2,1-2H3,(H3,30,33,35,39)/p+1. The van der Waals surface area contributed by atoms with Gasteiger partial charge in [0.2, 0.25) is 0 Å². The van der Waals surface area contributed by atoms with Crippen molar-refractivity contribution in [2.24, 2.45) is 7.05 Å². The fourth-order valence-electron chi connectivity index (χ4n) is 5.50. The van der Waals surface area contributed by atoms with E-state index in [-0.39, 0.29) is 23.0 Å². The SMILES string of the molecule is CC(NC(=O)c1c(N)[nH][n+]2cccnc12)c1nc2cccc(C#Cc3cnn(C)c3)c2c(=O)n1C1CCCCC1. The van der Waals surface area contributed by atoms with Gasteiger partial charge in [-0.25, -0.2) is 10.1 Å². The van der Waals surface area contributed by atoms with Crippen molar-refractivity contribution in [3.8, 4) is 11.8 Å². The second kappa shape index (κ2) is 10.3. The molecule has 1 amide bonds. The summed E-state index contributed by atoms with van der Waals surface area (Å²) >= 11 is 0. The topological polar surface area (TPSA) is 141 Å². The number of aryl methyl sites for hydroxylation is 1. The number of aromatic amines is 1. The number of hydrogen-bond donors (Lipinski definition) is 3. The average molecular weight is 537 g/mol. The number of hydrogen-bond acceptors (Lipinski definition) is 6. The van der Waals surface area contributed by atoms with Crippen LogP contribution < -0.4 is 21.1 Å². The normalized spacial score (nSPS) is 14.7. The highest BCUT2D eigenvalue weighted by atomic mass is 16.2. The molecule has 1 aliphatic carbocycles. The summed E-state index contributed by atoms with van der Waals surface area (Å²) in [4.78, 5) is 36.9. The van der Waals surface area contributed by atoms with Gasteiger partial charge in [0.25, 0.3) is 11.5 Å². The second-order valence-electron chi connectivity index (χ2n) is 10.2. The van der Waals surface area contributed by atoms with Crippen LogP contribution in [-0.2, 0) is 7.05 Å². The van der Waals surface area contributed by atoms with Crippen molar-refractivity contribution in [2.45, 2.75) is 51.1 Å². The van der Waals surface area contributed by atoms with E-state index >= 15 is 0 Å². The molecule has 1 unspecified atom stereocenters. The number of nitrogens with two attached hydrogens (primary N) is 1. The minimum absolute atomic E-state index is 0.0118. The first-order chi connectivity index (χ1) is 19.4. The summed E-state index contributed by atoms with van der Waals surface area (Å²) in [5.41, 5.74) is 8.56. The number of carbonyl (C=O) groups excluding carboxylic acids is 1. The van der Waals surface area contributed by atoms with E-state index < -0.39 is 11.9 Å². The van der Waals surface area contributed by atoms with E-state index in [1.807, 2.05) is 38.4 Å². The fraction of sp³-hybridized carbons (Fsp3) is 0.310. The van der Waals surface area contributed by atoms with Gasteiger partial charge in [0.15, 0.2) is 11.4 Å². The van der Waals surface area contributed by atoms with Gasteiger partial charge >= 0.3 is 5.65 Å². The number of nitrogens with one attached hydrogen (secondary N) is 2. The largest absolute Gasteiger partial charge is 0.382 e. The van der Waals surface area contributed by atoms with E-state index in [2.05, 4.69) is 32.3 Å². The van der Waals surface area contributed by atoms with E-state index in [9.17, 15) is 9.59 Å². The third-order valence-corrected chi connectivity index (χ3v) is 7.39. The zero-order valence-electron chi connectivity index (χ0n) is 22.4. The van der Waals surface area contributed by atoms with Gasteiger partial charge in [-0.05, 0) is 36.9 Å². The zero-order chi connectivity index (χ0) is 27.8. The highest BCUT2D eigenvalue weighted by Gasteiger charge is 2.29. The molecular formula is C29H30N9O2+. The van der Waals surface area contributed by atoms with Crippen molar-refractivity contribution in [3.63, 3.8) is 0 Å². The Hall–Kier alpha value is -4.98. The Labute approximate surface area is 230 Å². The van der Waals surface area contributed by atoms with Crippen molar-refractivity contribution in [1.29, 1.82) is 0 Å². The highest BCUT2D eigenvalue weighted by Crippen LogP contribution is 2.30. The summed E-state index contributed by atoms with van der Waals surface area (Å²) in [7, 11) is 1.83. The van der Waals surface area contributed by atoms with Gasteiger partial charge in [0.05, 0.1) is 28.7 Å². The monoisotopic (exact) mass is 536 g/mol. The Morgan fingerprint density at radius 2 is 2.05 bits per heavy atom. The Bertz CT molecular complexity index is 1870. The Morgan fingerprint density at radius 1 is 1.23 bits per heavy atom. The van der Waals surface area contributed by atoms with Crippen LogP contribution in [0.25, 0.3) is 16.6 Å². The number of carbonyl (C=O) groups is 1. The van der Waals surface area contributed by atoms with E-state index in [1.54, 1.807) is 38.4 Å². The number of aromatic nitrogens is 7. The summed E-state index contributed by atoms with van der Waals surface area (Å²) < 4.78 is 5.06. The first-order valence-corrected chi connectivity index (χ1v) is 13.4. The Kier molecular flexibility index (Phi) is 6.51. The van der Waals surface area contributed by atoms with Crippen LogP contribution in [0, 0.1) is 11.8 Å². The summed E-state index contributed by atoms with van der Waals surface area (Å²) in [5.74, 6) is 6.58. The molecule has 0 aliphatic heterocycles. The second-order valence-corrected chi connectivity index (χ2v) is 10.2. The van der Waals surface area contributed by atoms with E-state index in [4.69, 9.17) is 10.7 Å². The number of amides is 1. The molecule has 1 aliphatic rings. The summed E-state index contributed by atoms with van der Waals surface area (Å²) in [6, 6.07) is 6.65. The minimum atomic E-state index is -0.574. The quantitative estimate of drug-likeness (QED) is 0.238. The minimum Gasteiger partial charge on any atom is -0.382 e. The molecular weight excluding hydrogens is 506 g/mol. The lowest BCUT2D eigenvalue weighted by Gasteiger charge is -2.28. The van der Waals surface area contributed by atoms with Gasteiger partial charge < -0.3 is 11.1 Å². The number of anilines is 1. The predicted molar refractivity (Wildman–Crippen MR) is 149 cm³/mol. The number of rotatable bonds is 4. The van der Waals surface area contributed by atoms with E-state index in [1.165, 1.54) is 0 Å². The van der Waals surface area contributed by atoms with Crippen molar-refractivity contribution in [3.05, 3.63) is 81.9 Å². The van der Waals surface area contributed by atoms with Crippen molar-refractivity contribution < 1.29 is 9.31 Å². The lowest BCUT2D eigenvalue weighted by Crippen LogP contribution is -2.36. The van der Waals surface area contributed by atoms with Crippen molar-refractivity contribution in [1.82, 2.24) is 34.7 Å². The van der Waals surface area contributed by atoms with E-state index in [0.717, 1.165) is 37.7 Å². The van der Waals surface area contributed by atoms with Crippen molar-refractivity contribution in [2.75, 3.05) is 5.73 Å². The summed E-state index contributed by atoms with van der Waals surface area (Å²) in [6.07, 6.45) is 11.8. The molecule has 4 heterocycles. The van der Waals surface area contributed by atoms with Gasteiger partial charge in [-0.1, -0.05) is 37.2 Å². The molecule has 0 spiro atoms. The molecule has 0 saturated heterocycles. The van der Waals surface area contributed by atoms with Gasteiger partial charge in [-0.15, -0.1) is 4.52 Å². The number of nitrogens with zero attached hydrogens (tertiary/aromatic N) is 6. The predicted octanol–water partition coefficient (Wildman–Crippen LogP) is 2.57. The smallest absolute Gasteiger partial charge is 0.362 e. The molecule has 1 saturated carbocycles.